The first-order chi connectivity index (χ1) is 13.1. The van der Waals surface area contributed by atoms with Gasteiger partial charge in [0.2, 0.25) is 5.91 Å². The van der Waals surface area contributed by atoms with Gasteiger partial charge in [-0.25, -0.2) is 9.37 Å². The maximum Gasteiger partial charge on any atom is 0.228 e. The second-order valence-corrected chi connectivity index (χ2v) is 6.45. The summed E-state index contributed by atoms with van der Waals surface area (Å²) in [5.74, 6) is 0.430. The number of carbonyl (C=O) groups is 1. The molecule has 0 bridgehead atoms. The van der Waals surface area contributed by atoms with Crippen molar-refractivity contribution < 1.29 is 9.18 Å². The maximum atomic E-state index is 12.9. The van der Waals surface area contributed by atoms with Crippen molar-refractivity contribution in [2.45, 2.75) is 19.8 Å². The first-order valence-electron chi connectivity index (χ1n) is 8.88. The third kappa shape index (κ3) is 5.92. The summed E-state index contributed by atoms with van der Waals surface area (Å²) in [6, 6.07) is 18.0. The Bertz CT molecular complexity index is 875. The van der Waals surface area contributed by atoms with Crippen molar-refractivity contribution in [1.29, 1.82) is 0 Å². The molecule has 0 atom stereocenters. The minimum absolute atomic E-state index is 0.0716. The van der Waals surface area contributed by atoms with E-state index in [1.807, 2.05) is 43.3 Å². The summed E-state index contributed by atoms with van der Waals surface area (Å²) in [6.07, 6.45) is 2.74. The Morgan fingerprint density at radius 3 is 2.33 bits per heavy atom. The van der Waals surface area contributed by atoms with E-state index in [0.717, 1.165) is 23.4 Å². The molecule has 27 heavy (non-hydrogen) atoms. The number of anilines is 2. The monoisotopic (exact) mass is 363 g/mol. The topological polar surface area (TPSA) is 54.0 Å². The van der Waals surface area contributed by atoms with Crippen LogP contribution >= 0.6 is 0 Å². The summed E-state index contributed by atoms with van der Waals surface area (Å²) in [4.78, 5) is 16.4. The predicted molar refractivity (Wildman–Crippen MR) is 106 cm³/mol. The highest BCUT2D eigenvalue weighted by molar-refractivity contribution is 5.92. The van der Waals surface area contributed by atoms with Crippen LogP contribution in [0.4, 0.5) is 15.9 Å². The number of amides is 1. The van der Waals surface area contributed by atoms with Crippen LogP contribution in [0.25, 0.3) is 0 Å². The van der Waals surface area contributed by atoms with Crippen molar-refractivity contribution in [2.24, 2.45) is 0 Å². The third-order valence-corrected chi connectivity index (χ3v) is 4.17. The summed E-state index contributed by atoms with van der Waals surface area (Å²) >= 11 is 0. The normalized spacial score (nSPS) is 10.4. The van der Waals surface area contributed by atoms with Gasteiger partial charge in [0.1, 0.15) is 11.6 Å². The van der Waals surface area contributed by atoms with Crippen LogP contribution in [0.3, 0.4) is 0 Å². The van der Waals surface area contributed by atoms with Crippen LogP contribution in [0.2, 0.25) is 0 Å². The van der Waals surface area contributed by atoms with Gasteiger partial charge in [-0.3, -0.25) is 4.79 Å². The number of pyridine rings is 1. The molecule has 138 valence electrons. The van der Waals surface area contributed by atoms with Gasteiger partial charge in [-0.05, 0) is 48.7 Å². The number of nitrogens with zero attached hydrogens (tertiary/aromatic N) is 1. The van der Waals surface area contributed by atoms with E-state index in [2.05, 4.69) is 15.6 Å². The second-order valence-electron chi connectivity index (χ2n) is 6.45. The number of hydrogen-bond donors (Lipinski definition) is 2. The van der Waals surface area contributed by atoms with Gasteiger partial charge < -0.3 is 10.6 Å². The highest BCUT2D eigenvalue weighted by Gasteiger charge is 2.05. The summed E-state index contributed by atoms with van der Waals surface area (Å²) in [7, 11) is 0. The molecule has 0 aliphatic carbocycles. The predicted octanol–water partition coefficient (Wildman–Crippen LogP) is 4.36. The van der Waals surface area contributed by atoms with Crippen LogP contribution in [-0.4, -0.2) is 17.4 Å². The average Bonchev–Trinajstić information content (AvgIpc) is 2.67. The van der Waals surface area contributed by atoms with Gasteiger partial charge in [-0.1, -0.05) is 42.0 Å². The lowest BCUT2D eigenvalue weighted by Gasteiger charge is -2.08. The molecule has 0 saturated heterocycles. The zero-order valence-corrected chi connectivity index (χ0v) is 15.2. The van der Waals surface area contributed by atoms with Gasteiger partial charge in [0.05, 0.1) is 18.3 Å². The van der Waals surface area contributed by atoms with Crippen molar-refractivity contribution in [1.82, 2.24) is 4.98 Å². The zero-order chi connectivity index (χ0) is 19.1. The maximum absolute atomic E-state index is 12.9. The van der Waals surface area contributed by atoms with Crippen LogP contribution in [0.1, 0.15) is 16.7 Å². The Hall–Kier alpha value is -3.21. The Morgan fingerprint density at radius 2 is 1.67 bits per heavy atom. The molecule has 0 radical (unpaired) electrons. The summed E-state index contributed by atoms with van der Waals surface area (Å²) in [6.45, 7) is 2.71. The Kier molecular flexibility index (Phi) is 6.15. The standard InChI is InChI=1S/C22H22FN3O/c1-16-2-4-18(5-3-16)14-22(27)26-20-10-11-21(25-15-20)24-13-12-17-6-8-19(23)9-7-17/h2-11,15H,12-14H2,1H3,(H,24,25)(H,26,27). The molecule has 0 aliphatic rings. The van der Waals surface area contributed by atoms with Gasteiger partial charge in [-0.2, -0.15) is 0 Å². The second kappa shape index (κ2) is 8.94. The summed E-state index contributed by atoms with van der Waals surface area (Å²) < 4.78 is 12.9. The van der Waals surface area contributed by atoms with Crippen LogP contribution in [0.5, 0.6) is 0 Å². The number of hydrogen-bond acceptors (Lipinski definition) is 3. The molecule has 5 heteroatoms. The van der Waals surface area contributed by atoms with E-state index < -0.39 is 0 Å². The van der Waals surface area contributed by atoms with Gasteiger partial charge in [-0.15, -0.1) is 0 Å². The van der Waals surface area contributed by atoms with E-state index in [-0.39, 0.29) is 11.7 Å². The molecule has 2 aromatic carbocycles. The molecule has 0 spiro atoms. The lowest BCUT2D eigenvalue weighted by Crippen LogP contribution is -2.14. The third-order valence-electron chi connectivity index (χ3n) is 4.17. The molecular formula is C22H22FN3O. The Labute approximate surface area is 158 Å². The summed E-state index contributed by atoms with van der Waals surface area (Å²) in [5.41, 5.74) is 3.87. The van der Waals surface area contributed by atoms with Crippen LogP contribution < -0.4 is 10.6 Å². The van der Waals surface area contributed by atoms with Crippen molar-refractivity contribution in [3.05, 3.63) is 89.4 Å². The minimum Gasteiger partial charge on any atom is -0.370 e. The van der Waals surface area contributed by atoms with Gasteiger partial charge in [0, 0.05) is 6.54 Å². The molecule has 0 aliphatic heterocycles. The number of rotatable bonds is 7. The Balaban J connectivity index is 1.45. The number of nitrogens with one attached hydrogen (secondary N) is 2. The van der Waals surface area contributed by atoms with E-state index in [9.17, 15) is 9.18 Å². The van der Waals surface area contributed by atoms with Crippen molar-refractivity contribution in [3.8, 4) is 0 Å². The number of carbonyl (C=O) groups excluding carboxylic acids is 1. The van der Waals surface area contributed by atoms with Crippen molar-refractivity contribution >= 4 is 17.4 Å². The van der Waals surface area contributed by atoms with Gasteiger partial charge in [0.25, 0.3) is 0 Å². The lowest BCUT2D eigenvalue weighted by molar-refractivity contribution is -0.115. The Morgan fingerprint density at radius 1 is 0.963 bits per heavy atom. The molecule has 1 aromatic heterocycles. The molecule has 0 fully saturated rings. The van der Waals surface area contributed by atoms with Gasteiger partial charge in [0.15, 0.2) is 0 Å². The first kappa shape index (κ1) is 18.6. The number of aryl methyl sites for hydroxylation is 1. The minimum atomic E-state index is -0.228. The fourth-order valence-electron chi connectivity index (χ4n) is 2.65. The van der Waals surface area contributed by atoms with Crippen LogP contribution in [0, 0.1) is 12.7 Å². The highest BCUT2D eigenvalue weighted by Crippen LogP contribution is 2.12. The molecule has 0 saturated carbocycles. The molecule has 0 unspecified atom stereocenters. The number of aromatic nitrogens is 1. The number of benzene rings is 2. The average molecular weight is 363 g/mol. The molecule has 4 nitrogen and oxygen atoms in total. The molecule has 3 aromatic rings. The summed E-state index contributed by atoms with van der Waals surface area (Å²) in [5, 5.41) is 6.07. The van der Waals surface area contributed by atoms with Crippen molar-refractivity contribution in [2.75, 3.05) is 17.2 Å². The fourth-order valence-corrected chi connectivity index (χ4v) is 2.65. The molecular weight excluding hydrogens is 341 g/mol. The molecule has 3 rings (SSSR count). The van der Waals surface area contributed by atoms with Crippen molar-refractivity contribution in [3.63, 3.8) is 0 Å². The van der Waals surface area contributed by atoms with Crippen LogP contribution in [-0.2, 0) is 17.6 Å². The van der Waals surface area contributed by atoms with E-state index in [4.69, 9.17) is 0 Å². The smallest absolute Gasteiger partial charge is 0.228 e. The van der Waals surface area contributed by atoms with Gasteiger partial charge >= 0.3 is 0 Å². The zero-order valence-electron chi connectivity index (χ0n) is 15.2. The van der Waals surface area contributed by atoms with E-state index in [1.54, 1.807) is 18.3 Å². The molecule has 1 amide bonds. The van der Waals surface area contributed by atoms with E-state index in [1.165, 1.54) is 17.7 Å². The lowest BCUT2D eigenvalue weighted by atomic mass is 10.1. The number of halogens is 1. The SMILES string of the molecule is Cc1ccc(CC(=O)Nc2ccc(NCCc3ccc(F)cc3)nc2)cc1. The largest absolute Gasteiger partial charge is 0.370 e. The fraction of sp³-hybridized carbons (Fsp3) is 0.182. The molecule has 2 N–H and O–H groups in total. The quantitative estimate of drug-likeness (QED) is 0.656. The van der Waals surface area contributed by atoms with E-state index in [0.29, 0.717) is 18.7 Å². The van der Waals surface area contributed by atoms with E-state index >= 15 is 0 Å². The first-order valence-corrected chi connectivity index (χ1v) is 8.88. The molecule has 1 heterocycles. The van der Waals surface area contributed by atoms with Crippen LogP contribution in [0.15, 0.2) is 66.9 Å². The highest BCUT2D eigenvalue weighted by atomic mass is 19.1.